The lowest BCUT2D eigenvalue weighted by Crippen LogP contribution is -2.54. The summed E-state index contributed by atoms with van der Waals surface area (Å²) in [4.78, 5) is 19.4. The summed E-state index contributed by atoms with van der Waals surface area (Å²) in [5.41, 5.74) is 0.676. The molecule has 0 spiro atoms. The fourth-order valence-corrected chi connectivity index (χ4v) is 6.28. The Balaban J connectivity index is 1.34. The summed E-state index contributed by atoms with van der Waals surface area (Å²) in [5.74, 6) is -3.44. The molecule has 0 aliphatic heterocycles. The number of aromatic nitrogens is 2. The van der Waals surface area contributed by atoms with Crippen molar-refractivity contribution >= 4 is 11.7 Å². The quantitative estimate of drug-likeness (QED) is 0.551. The number of aliphatic hydroxyl groups excluding tert-OH is 1. The monoisotopic (exact) mass is 513 g/mol. The molecule has 8 nitrogen and oxygen atoms in total. The molecule has 1 aromatic carbocycles. The van der Waals surface area contributed by atoms with Crippen LogP contribution in [0.5, 0.6) is 0 Å². The second kappa shape index (κ2) is 9.67. The molecule has 4 fully saturated rings. The second-order valence-corrected chi connectivity index (χ2v) is 11.3. The normalized spacial score (nSPS) is 29.5. The third kappa shape index (κ3) is 5.19. The van der Waals surface area contributed by atoms with Crippen LogP contribution in [0.25, 0.3) is 0 Å². The van der Waals surface area contributed by atoms with Gasteiger partial charge >= 0.3 is 12.0 Å². The number of aliphatic hydroxyl groups is 1. The number of alkyl halides is 2. The molecular weight excluding hydrogens is 480 g/mol. The van der Waals surface area contributed by atoms with E-state index in [2.05, 4.69) is 21.5 Å². The number of hydrogen-bond donors (Lipinski definition) is 2. The number of nitriles is 1. The highest BCUT2D eigenvalue weighted by Crippen LogP contribution is 2.57. The van der Waals surface area contributed by atoms with Gasteiger partial charge in [-0.1, -0.05) is 11.2 Å². The van der Waals surface area contributed by atoms with E-state index in [0.717, 1.165) is 58.3 Å². The first-order chi connectivity index (χ1) is 17.6. The summed E-state index contributed by atoms with van der Waals surface area (Å²) >= 11 is 0. The molecular formula is C27H33F2N5O3. The van der Waals surface area contributed by atoms with Crippen LogP contribution >= 0.6 is 0 Å². The Hall–Kier alpha value is -3.06. The topological polar surface area (TPSA) is 115 Å². The van der Waals surface area contributed by atoms with Crippen LogP contribution in [-0.4, -0.2) is 40.0 Å². The number of benzene rings is 1. The second-order valence-electron chi connectivity index (χ2n) is 11.3. The lowest BCUT2D eigenvalue weighted by Gasteiger charge is -2.53. The lowest BCUT2D eigenvalue weighted by molar-refractivity contribution is -0.0158. The molecule has 2 amide bonds. The summed E-state index contributed by atoms with van der Waals surface area (Å²) in [6.07, 6.45) is 7.18. The smallest absolute Gasteiger partial charge is 0.322 e. The van der Waals surface area contributed by atoms with Gasteiger partial charge in [0.1, 0.15) is 0 Å². The summed E-state index contributed by atoms with van der Waals surface area (Å²) in [6, 6.07) is 9.06. The van der Waals surface area contributed by atoms with E-state index in [0.29, 0.717) is 36.5 Å². The van der Waals surface area contributed by atoms with Crippen LogP contribution in [0, 0.1) is 16.7 Å². The highest BCUT2D eigenvalue weighted by atomic mass is 19.3. The van der Waals surface area contributed by atoms with E-state index in [9.17, 15) is 23.9 Å². The average molecular weight is 514 g/mol. The Morgan fingerprint density at radius 2 is 1.89 bits per heavy atom. The standard InChI is InChI=1S/C27H33F2N5O3/c1-25(28,29)23-32-22(33-37-23)27-12-9-26(10-13-27,11-14-27)17-34(20-4-2-3-18(15-20)16-30)24(36)31-19-5-7-21(35)8-6-19/h2-4,15,19,21,35H,5-14,17H2,1H3,(H,31,36). The minimum Gasteiger partial charge on any atom is -0.393 e. The van der Waals surface area contributed by atoms with Gasteiger partial charge in [0, 0.05) is 30.6 Å². The van der Waals surface area contributed by atoms with E-state index < -0.39 is 11.8 Å². The molecule has 0 radical (unpaired) electrons. The zero-order chi connectivity index (χ0) is 26.3. The van der Waals surface area contributed by atoms with E-state index >= 15 is 0 Å². The van der Waals surface area contributed by atoms with Gasteiger partial charge in [-0.2, -0.15) is 19.0 Å². The minimum absolute atomic E-state index is 0.00420. The number of anilines is 1. The van der Waals surface area contributed by atoms with Crippen LogP contribution in [0.15, 0.2) is 28.8 Å². The van der Waals surface area contributed by atoms with Crippen molar-refractivity contribution in [2.45, 2.75) is 94.6 Å². The minimum atomic E-state index is -3.17. The maximum absolute atomic E-state index is 13.7. The molecule has 1 heterocycles. The number of nitrogens with zero attached hydrogens (tertiary/aromatic N) is 4. The summed E-state index contributed by atoms with van der Waals surface area (Å²) in [6.45, 7) is 1.26. The van der Waals surface area contributed by atoms with Crippen LogP contribution in [0.1, 0.15) is 88.4 Å². The summed E-state index contributed by atoms with van der Waals surface area (Å²) in [5, 5.41) is 26.3. The van der Waals surface area contributed by atoms with Crippen LogP contribution in [0.4, 0.5) is 19.3 Å². The Morgan fingerprint density at radius 3 is 2.49 bits per heavy atom. The summed E-state index contributed by atoms with van der Waals surface area (Å²) in [7, 11) is 0. The van der Waals surface area contributed by atoms with Gasteiger partial charge < -0.3 is 14.9 Å². The van der Waals surface area contributed by atoms with Crippen molar-refractivity contribution in [3.05, 3.63) is 41.5 Å². The van der Waals surface area contributed by atoms with Crippen molar-refractivity contribution in [2.75, 3.05) is 11.4 Å². The van der Waals surface area contributed by atoms with Gasteiger partial charge in [-0.05, 0) is 87.8 Å². The average Bonchev–Trinajstić information content (AvgIpc) is 3.42. The molecule has 198 valence electrons. The number of carbonyl (C=O) groups is 1. The van der Waals surface area contributed by atoms with Crippen LogP contribution in [0.3, 0.4) is 0 Å². The molecule has 0 saturated heterocycles. The van der Waals surface area contributed by atoms with Crippen LogP contribution in [0.2, 0.25) is 0 Å². The molecule has 2 N–H and O–H groups in total. The molecule has 4 saturated carbocycles. The van der Waals surface area contributed by atoms with E-state index in [1.807, 2.05) is 6.07 Å². The van der Waals surface area contributed by atoms with Gasteiger partial charge in [-0.25, -0.2) is 4.79 Å². The molecule has 2 bridgehead atoms. The van der Waals surface area contributed by atoms with Gasteiger partial charge in [-0.3, -0.25) is 4.90 Å². The highest BCUT2D eigenvalue weighted by molar-refractivity contribution is 5.92. The summed E-state index contributed by atoms with van der Waals surface area (Å²) < 4.78 is 32.3. The molecule has 4 aliphatic rings. The highest BCUT2D eigenvalue weighted by Gasteiger charge is 2.53. The third-order valence-corrected chi connectivity index (χ3v) is 8.73. The van der Waals surface area contributed by atoms with E-state index in [1.165, 1.54) is 0 Å². The van der Waals surface area contributed by atoms with Crippen molar-refractivity contribution in [2.24, 2.45) is 5.41 Å². The largest absolute Gasteiger partial charge is 0.393 e. The van der Waals surface area contributed by atoms with Crippen molar-refractivity contribution < 1.29 is 23.2 Å². The number of fused-ring (bicyclic) bond motifs is 3. The van der Waals surface area contributed by atoms with E-state index in [-0.39, 0.29) is 29.0 Å². The van der Waals surface area contributed by atoms with Gasteiger partial charge in [0.2, 0.25) is 0 Å². The predicted molar refractivity (Wildman–Crippen MR) is 131 cm³/mol. The molecule has 6 rings (SSSR count). The van der Waals surface area contributed by atoms with Gasteiger partial charge in [0.15, 0.2) is 5.82 Å². The molecule has 0 atom stereocenters. The first-order valence-corrected chi connectivity index (χ1v) is 13.1. The Bertz CT molecular complexity index is 1150. The van der Waals surface area contributed by atoms with Crippen molar-refractivity contribution in [1.29, 1.82) is 5.26 Å². The zero-order valence-electron chi connectivity index (χ0n) is 21.1. The number of carbonyl (C=O) groups excluding carboxylic acids is 1. The first kappa shape index (κ1) is 25.6. The van der Waals surface area contributed by atoms with Crippen LogP contribution < -0.4 is 10.2 Å². The molecule has 1 aromatic heterocycles. The lowest BCUT2D eigenvalue weighted by atomic mass is 9.53. The number of rotatable bonds is 6. The number of halogens is 2. The predicted octanol–water partition coefficient (Wildman–Crippen LogP) is 5.16. The molecule has 0 unspecified atom stereocenters. The van der Waals surface area contributed by atoms with E-state index in [4.69, 9.17) is 4.52 Å². The maximum Gasteiger partial charge on any atom is 0.322 e. The molecule has 2 aromatic rings. The van der Waals surface area contributed by atoms with Crippen molar-refractivity contribution in [1.82, 2.24) is 15.5 Å². The van der Waals surface area contributed by atoms with E-state index in [1.54, 1.807) is 23.1 Å². The number of nitrogens with one attached hydrogen (secondary N) is 1. The third-order valence-electron chi connectivity index (χ3n) is 8.73. The van der Waals surface area contributed by atoms with Gasteiger partial charge in [0.05, 0.1) is 17.7 Å². The Kier molecular flexibility index (Phi) is 6.69. The van der Waals surface area contributed by atoms with Crippen molar-refractivity contribution in [3.8, 4) is 6.07 Å². The fourth-order valence-electron chi connectivity index (χ4n) is 6.28. The van der Waals surface area contributed by atoms with Gasteiger partial charge in [-0.15, -0.1) is 0 Å². The fraction of sp³-hybridized carbons (Fsp3) is 0.630. The maximum atomic E-state index is 13.7. The van der Waals surface area contributed by atoms with Crippen molar-refractivity contribution in [3.63, 3.8) is 0 Å². The molecule has 4 aliphatic carbocycles. The number of amides is 2. The van der Waals surface area contributed by atoms with Crippen LogP contribution in [-0.2, 0) is 11.3 Å². The number of urea groups is 1. The first-order valence-electron chi connectivity index (χ1n) is 13.1. The molecule has 10 heteroatoms. The Labute approximate surface area is 215 Å². The SMILES string of the molecule is CC(F)(F)c1nc(C23CCC(CN(C(=O)NC4CCC(O)CC4)c4cccc(C#N)c4)(CC2)CC3)no1. The molecule has 37 heavy (non-hydrogen) atoms. The number of hydrogen-bond acceptors (Lipinski definition) is 6. The van der Waals surface area contributed by atoms with Gasteiger partial charge in [0.25, 0.3) is 5.89 Å². The zero-order valence-corrected chi connectivity index (χ0v) is 21.1. The Morgan fingerprint density at radius 1 is 1.22 bits per heavy atom.